The fourth-order valence-corrected chi connectivity index (χ4v) is 2.39. The van der Waals surface area contributed by atoms with Crippen molar-refractivity contribution in [2.45, 2.75) is 18.2 Å². The first kappa shape index (κ1) is 13.2. The molecule has 17 heavy (non-hydrogen) atoms. The van der Waals surface area contributed by atoms with Crippen LogP contribution in [0.5, 0.6) is 0 Å². The number of carbonyl (C=O) groups excluding carboxylic acids is 1. The Hall–Kier alpha value is -1.87. The van der Waals surface area contributed by atoms with Crippen LogP contribution in [0.1, 0.15) is 13.3 Å². The number of hydrogen-bond donors (Lipinski definition) is 1. The molecule has 0 fully saturated rings. The van der Waals surface area contributed by atoms with Gasteiger partial charge in [-0.1, -0.05) is 0 Å². The molecule has 1 amide bonds. The lowest BCUT2D eigenvalue weighted by molar-refractivity contribution is -0.114. The summed E-state index contributed by atoms with van der Waals surface area (Å²) in [6.07, 6.45) is -0.0320. The van der Waals surface area contributed by atoms with Gasteiger partial charge in [0.25, 0.3) is 0 Å². The molecule has 1 N–H and O–H groups in total. The third kappa shape index (κ3) is 3.89. The molecular weight excluding hydrogens is 240 g/mol. The van der Waals surface area contributed by atoms with E-state index in [1.165, 1.54) is 31.2 Å². The predicted molar refractivity (Wildman–Crippen MR) is 63.0 cm³/mol. The number of amides is 1. The molecule has 1 aromatic rings. The SMILES string of the molecule is CC(=O)Nc1ccc(S(=O)(=O)CCC#N)cc1. The maximum absolute atomic E-state index is 11.7. The van der Waals surface area contributed by atoms with Crippen LogP contribution in [0.3, 0.4) is 0 Å². The second-order valence-corrected chi connectivity index (χ2v) is 5.54. The van der Waals surface area contributed by atoms with Gasteiger partial charge in [0.15, 0.2) is 9.84 Å². The number of carbonyl (C=O) groups is 1. The maximum atomic E-state index is 11.7. The predicted octanol–water partition coefficient (Wildman–Crippen LogP) is 1.33. The smallest absolute Gasteiger partial charge is 0.221 e. The van der Waals surface area contributed by atoms with Crippen LogP contribution in [0.25, 0.3) is 0 Å². The van der Waals surface area contributed by atoms with Gasteiger partial charge in [0.1, 0.15) is 0 Å². The van der Waals surface area contributed by atoms with Gasteiger partial charge in [-0.05, 0) is 24.3 Å². The number of nitrogens with zero attached hydrogens (tertiary/aromatic N) is 1. The summed E-state index contributed by atoms with van der Waals surface area (Å²) in [5.41, 5.74) is 0.539. The Morgan fingerprint density at radius 3 is 2.41 bits per heavy atom. The summed E-state index contributed by atoms with van der Waals surface area (Å²) in [7, 11) is -3.40. The molecule has 0 aromatic heterocycles. The molecule has 0 atom stereocenters. The third-order valence-electron chi connectivity index (χ3n) is 2.02. The van der Waals surface area contributed by atoms with Crippen molar-refractivity contribution in [1.82, 2.24) is 0 Å². The Bertz CT molecular complexity index is 541. The van der Waals surface area contributed by atoms with Crippen molar-refractivity contribution in [1.29, 1.82) is 5.26 Å². The van der Waals surface area contributed by atoms with E-state index in [0.29, 0.717) is 5.69 Å². The summed E-state index contributed by atoms with van der Waals surface area (Å²) < 4.78 is 23.4. The molecule has 0 aliphatic rings. The lowest BCUT2D eigenvalue weighted by Gasteiger charge is -2.04. The van der Waals surface area contributed by atoms with Gasteiger partial charge in [0, 0.05) is 19.0 Å². The highest BCUT2D eigenvalue weighted by Gasteiger charge is 2.13. The first-order valence-corrected chi connectivity index (χ1v) is 6.58. The van der Waals surface area contributed by atoms with Crippen molar-refractivity contribution < 1.29 is 13.2 Å². The third-order valence-corrected chi connectivity index (χ3v) is 3.75. The fourth-order valence-electron chi connectivity index (χ4n) is 1.25. The van der Waals surface area contributed by atoms with Gasteiger partial charge in [-0.25, -0.2) is 8.42 Å². The van der Waals surface area contributed by atoms with E-state index in [9.17, 15) is 13.2 Å². The summed E-state index contributed by atoms with van der Waals surface area (Å²) in [6, 6.07) is 7.65. The van der Waals surface area contributed by atoms with Crippen LogP contribution in [0.15, 0.2) is 29.2 Å². The van der Waals surface area contributed by atoms with Crippen molar-refractivity contribution in [3.8, 4) is 6.07 Å². The standard InChI is InChI=1S/C11H12N2O3S/c1-9(14)13-10-3-5-11(6-4-10)17(15,16)8-2-7-12/h3-6H,2,8H2,1H3,(H,13,14). The van der Waals surface area contributed by atoms with Crippen LogP contribution < -0.4 is 5.32 Å². The fraction of sp³-hybridized carbons (Fsp3) is 0.273. The lowest BCUT2D eigenvalue weighted by atomic mass is 10.3. The van der Waals surface area contributed by atoms with Crippen molar-refractivity contribution in [2.24, 2.45) is 0 Å². The molecule has 0 aliphatic heterocycles. The molecule has 5 nitrogen and oxygen atoms in total. The van der Waals surface area contributed by atoms with E-state index in [-0.39, 0.29) is 23.0 Å². The molecule has 0 saturated heterocycles. The van der Waals surface area contributed by atoms with Gasteiger partial charge in [0.2, 0.25) is 5.91 Å². The number of benzene rings is 1. The first-order valence-electron chi connectivity index (χ1n) is 4.93. The van der Waals surface area contributed by atoms with Crippen LogP contribution in [0.2, 0.25) is 0 Å². The van der Waals surface area contributed by atoms with Gasteiger partial charge in [-0.3, -0.25) is 4.79 Å². The van der Waals surface area contributed by atoms with Crippen molar-refractivity contribution in [3.63, 3.8) is 0 Å². The maximum Gasteiger partial charge on any atom is 0.221 e. The summed E-state index contributed by atoms with van der Waals surface area (Å²) >= 11 is 0. The Morgan fingerprint density at radius 2 is 1.94 bits per heavy atom. The summed E-state index contributed by atoms with van der Waals surface area (Å²) in [6.45, 7) is 1.37. The molecule has 6 heteroatoms. The number of nitriles is 1. The second-order valence-electron chi connectivity index (χ2n) is 3.43. The number of sulfone groups is 1. The Morgan fingerprint density at radius 1 is 1.35 bits per heavy atom. The topological polar surface area (TPSA) is 87.0 Å². The Labute approximate surface area is 100.0 Å². The van der Waals surface area contributed by atoms with E-state index < -0.39 is 9.84 Å². The highest BCUT2D eigenvalue weighted by Crippen LogP contribution is 2.15. The quantitative estimate of drug-likeness (QED) is 0.875. The number of hydrogen-bond acceptors (Lipinski definition) is 4. The zero-order valence-corrected chi connectivity index (χ0v) is 10.1. The molecular formula is C11H12N2O3S. The number of rotatable bonds is 4. The molecule has 0 heterocycles. The van der Waals surface area contributed by atoms with Crippen LogP contribution in [-0.4, -0.2) is 20.1 Å². The van der Waals surface area contributed by atoms with E-state index in [1.807, 2.05) is 0 Å². The highest BCUT2D eigenvalue weighted by atomic mass is 32.2. The Balaban J connectivity index is 2.88. The average molecular weight is 252 g/mol. The highest BCUT2D eigenvalue weighted by molar-refractivity contribution is 7.91. The summed E-state index contributed by atoms with van der Waals surface area (Å²) in [5, 5.41) is 10.9. The van der Waals surface area contributed by atoms with Gasteiger partial charge in [0.05, 0.1) is 16.7 Å². The molecule has 0 saturated carbocycles. The van der Waals surface area contributed by atoms with Crippen LogP contribution >= 0.6 is 0 Å². The zero-order valence-electron chi connectivity index (χ0n) is 9.30. The zero-order chi connectivity index (χ0) is 12.9. The van der Waals surface area contributed by atoms with Gasteiger partial charge in [-0.2, -0.15) is 5.26 Å². The van der Waals surface area contributed by atoms with Crippen LogP contribution in [0.4, 0.5) is 5.69 Å². The normalized spacial score (nSPS) is 10.6. The van der Waals surface area contributed by atoms with Gasteiger partial charge < -0.3 is 5.32 Å². The number of anilines is 1. The molecule has 0 bridgehead atoms. The lowest BCUT2D eigenvalue weighted by Crippen LogP contribution is -2.08. The first-order chi connectivity index (χ1) is 7.95. The molecule has 0 unspecified atom stereocenters. The van der Waals surface area contributed by atoms with Crippen molar-refractivity contribution in [2.75, 3.05) is 11.1 Å². The molecule has 1 rings (SSSR count). The monoisotopic (exact) mass is 252 g/mol. The van der Waals surface area contributed by atoms with Crippen LogP contribution in [-0.2, 0) is 14.6 Å². The summed E-state index contributed by atoms with van der Waals surface area (Å²) in [4.78, 5) is 10.9. The number of nitrogens with one attached hydrogen (secondary N) is 1. The summed E-state index contributed by atoms with van der Waals surface area (Å²) in [5.74, 6) is -0.409. The minimum Gasteiger partial charge on any atom is -0.326 e. The largest absolute Gasteiger partial charge is 0.326 e. The van der Waals surface area contributed by atoms with Crippen molar-refractivity contribution >= 4 is 21.4 Å². The minimum absolute atomic E-state index is 0.0320. The molecule has 1 aromatic carbocycles. The van der Waals surface area contributed by atoms with Crippen LogP contribution in [0, 0.1) is 11.3 Å². The molecule has 0 aliphatic carbocycles. The minimum atomic E-state index is -3.40. The van der Waals surface area contributed by atoms with Gasteiger partial charge in [-0.15, -0.1) is 0 Å². The Kier molecular flexibility index (Phi) is 4.24. The van der Waals surface area contributed by atoms with E-state index in [2.05, 4.69) is 5.32 Å². The van der Waals surface area contributed by atoms with E-state index >= 15 is 0 Å². The average Bonchev–Trinajstić information content (AvgIpc) is 2.26. The van der Waals surface area contributed by atoms with Gasteiger partial charge >= 0.3 is 0 Å². The molecule has 0 spiro atoms. The molecule has 0 radical (unpaired) electrons. The van der Waals surface area contributed by atoms with E-state index in [1.54, 1.807) is 6.07 Å². The van der Waals surface area contributed by atoms with E-state index in [4.69, 9.17) is 5.26 Å². The van der Waals surface area contributed by atoms with Crippen molar-refractivity contribution in [3.05, 3.63) is 24.3 Å². The van der Waals surface area contributed by atoms with E-state index in [0.717, 1.165) is 0 Å². The second kappa shape index (κ2) is 5.46. The molecule has 90 valence electrons.